The Morgan fingerprint density at radius 2 is 1.58 bits per heavy atom. The molecule has 1 heterocycles. The highest BCUT2D eigenvalue weighted by Crippen LogP contribution is 2.22. The van der Waals surface area contributed by atoms with E-state index in [0.29, 0.717) is 5.56 Å². The molecule has 3 rings (SSSR count). The first kappa shape index (κ1) is 22.2. The normalized spacial score (nSPS) is 11.3. The molecule has 0 radical (unpaired) electrons. The van der Waals surface area contributed by atoms with Gasteiger partial charge in [0, 0.05) is 38.8 Å². The minimum atomic E-state index is -4.17. The van der Waals surface area contributed by atoms with Gasteiger partial charge in [0.25, 0.3) is 15.6 Å². The lowest BCUT2D eigenvalue weighted by atomic mass is 10.1. The van der Waals surface area contributed by atoms with Crippen LogP contribution in [0.15, 0.2) is 75.3 Å². The molecule has 0 spiro atoms. The van der Waals surface area contributed by atoms with Crippen molar-refractivity contribution in [1.29, 1.82) is 0 Å². The summed E-state index contributed by atoms with van der Waals surface area (Å²) in [5.74, 6) is -0.258. The van der Waals surface area contributed by atoms with Gasteiger partial charge in [-0.1, -0.05) is 48.0 Å². The number of ketones is 1. The Morgan fingerprint density at radius 3 is 2.19 bits per heavy atom. The molecule has 0 saturated heterocycles. The van der Waals surface area contributed by atoms with E-state index in [9.17, 15) is 22.8 Å². The van der Waals surface area contributed by atoms with Crippen molar-refractivity contribution in [3.05, 3.63) is 92.8 Å². The minimum Gasteiger partial charge on any atom is -0.301 e. The first-order valence-corrected chi connectivity index (χ1v) is 11.0. The first-order chi connectivity index (χ1) is 14.6. The summed E-state index contributed by atoms with van der Waals surface area (Å²) in [7, 11) is -1.46. The van der Waals surface area contributed by atoms with Gasteiger partial charge >= 0.3 is 5.69 Å². The number of anilines is 1. The van der Waals surface area contributed by atoms with Crippen LogP contribution in [0.25, 0.3) is 0 Å². The van der Waals surface area contributed by atoms with Crippen LogP contribution < -0.4 is 15.6 Å². The van der Waals surface area contributed by atoms with E-state index in [2.05, 4.69) is 0 Å². The molecule has 8 nitrogen and oxygen atoms in total. The van der Waals surface area contributed by atoms with Crippen molar-refractivity contribution in [3.8, 4) is 0 Å². The smallest absolute Gasteiger partial charge is 0.301 e. The van der Waals surface area contributed by atoms with Crippen LogP contribution in [0.5, 0.6) is 0 Å². The number of aromatic nitrogens is 2. The minimum absolute atomic E-state index is 0.0128. The van der Waals surface area contributed by atoms with Gasteiger partial charge in [-0.25, -0.2) is 13.2 Å². The Kier molecular flexibility index (Phi) is 6.26. The zero-order valence-corrected chi connectivity index (χ0v) is 18.3. The Morgan fingerprint density at radius 1 is 0.968 bits per heavy atom. The Hall–Kier alpha value is -3.46. The molecular formula is C22H23N3O5S. The van der Waals surface area contributed by atoms with Gasteiger partial charge in [0.1, 0.15) is 5.69 Å². The third-order valence-electron chi connectivity index (χ3n) is 4.94. The molecule has 0 unspecified atom stereocenters. The number of aryl methyl sites for hydroxylation is 2. The summed E-state index contributed by atoms with van der Waals surface area (Å²) < 4.78 is 29.7. The quantitative estimate of drug-likeness (QED) is 0.521. The van der Waals surface area contributed by atoms with Crippen molar-refractivity contribution < 1.29 is 13.2 Å². The summed E-state index contributed by atoms with van der Waals surface area (Å²) in [6.45, 7) is 1.58. The topological polar surface area (TPSA) is 98.4 Å². The molecule has 9 heteroatoms. The Balaban J connectivity index is 2.08. The van der Waals surface area contributed by atoms with Crippen LogP contribution >= 0.6 is 0 Å². The molecule has 0 saturated carbocycles. The second-order valence-electron chi connectivity index (χ2n) is 7.20. The van der Waals surface area contributed by atoms with Gasteiger partial charge in [0.05, 0.1) is 4.90 Å². The number of sulfonamides is 1. The molecular weight excluding hydrogens is 418 g/mol. The van der Waals surface area contributed by atoms with Crippen LogP contribution in [0, 0.1) is 6.92 Å². The SMILES string of the molecule is Cc1ccc(S(=O)(=O)N(CCC(=O)c2ccccc2)c2cn(C)c(=O)n(C)c2=O)cc1. The summed E-state index contributed by atoms with van der Waals surface area (Å²) >= 11 is 0. The van der Waals surface area contributed by atoms with Crippen LogP contribution in [0.2, 0.25) is 0 Å². The van der Waals surface area contributed by atoms with E-state index in [1.165, 1.54) is 32.4 Å². The van der Waals surface area contributed by atoms with Crippen molar-refractivity contribution in [2.24, 2.45) is 14.1 Å². The van der Waals surface area contributed by atoms with Crippen molar-refractivity contribution in [2.75, 3.05) is 10.8 Å². The van der Waals surface area contributed by atoms with E-state index in [4.69, 9.17) is 0 Å². The maximum atomic E-state index is 13.4. The zero-order valence-electron chi connectivity index (χ0n) is 17.5. The highest BCUT2D eigenvalue weighted by Gasteiger charge is 2.29. The lowest BCUT2D eigenvalue weighted by Gasteiger charge is -2.24. The fourth-order valence-electron chi connectivity index (χ4n) is 3.14. The number of hydrogen-bond acceptors (Lipinski definition) is 5. The number of Topliss-reactive ketones (excluding diaryl/α,β-unsaturated/α-hetero) is 1. The fourth-order valence-corrected chi connectivity index (χ4v) is 4.59. The third-order valence-corrected chi connectivity index (χ3v) is 6.77. The van der Waals surface area contributed by atoms with Gasteiger partial charge in [-0.05, 0) is 19.1 Å². The van der Waals surface area contributed by atoms with Gasteiger partial charge in [-0.3, -0.25) is 18.5 Å². The van der Waals surface area contributed by atoms with Crippen LogP contribution in [0.3, 0.4) is 0 Å². The van der Waals surface area contributed by atoms with E-state index in [1.807, 2.05) is 6.92 Å². The molecule has 1 aromatic heterocycles. The van der Waals surface area contributed by atoms with E-state index in [0.717, 1.165) is 19.0 Å². The lowest BCUT2D eigenvalue weighted by Crippen LogP contribution is -2.43. The summed E-state index contributed by atoms with van der Waals surface area (Å²) in [4.78, 5) is 37.5. The van der Waals surface area contributed by atoms with Crippen molar-refractivity contribution >= 4 is 21.5 Å². The van der Waals surface area contributed by atoms with E-state index in [-0.39, 0.29) is 29.3 Å². The molecule has 0 amide bonds. The number of carbonyl (C=O) groups is 1. The highest BCUT2D eigenvalue weighted by molar-refractivity contribution is 7.92. The average Bonchev–Trinajstić information content (AvgIpc) is 2.76. The van der Waals surface area contributed by atoms with Crippen LogP contribution in [0.4, 0.5) is 5.69 Å². The van der Waals surface area contributed by atoms with Crippen molar-refractivity contribution in [1.82, 2.24) is 9.13 Å². The summed E-state index contributed by atoms with van der Waals surface area (Å²) in [5, 5.41) is 0. The summed E-state index contributed by atoms with van der Waals surface area (Å²) in [6.07, 6.45) is 1.05. The molecule has 0 aliphatic carbocycles. The number of hydrogen-bond donors (Lipinski definition) is 0. The second-order valence-corrected chi connectivity index (χ2v) is 9.06. The number of nitrogens with zero attached hydrogens (tertiary/aromatic N) is 3. The third kappa shape index (κ3) is 4.51. The second kappa shape index (κ2) is 8.73. The molecule has 162 valence electrons. The average molecular weight is 442 g/mol. The Bertz CT molecular complexity index is 1320. The van der Waals surface area contributed by atoms with Crippen LogP contribution in [-0.2, 0) is 24.1 Å². The molecule has 0 atom stereocenters. The highest BCUT2D eigenvalue weighted by atomic mass is 32.2. The fraction of sp³-hybridized carbons (Fsp3) is 0.227. The van der Waals surface area contributed by atoms with Crippen molar-refractivity contribution in [2.45, 2.75) is 18.2 Å². The molecule has 0 fully saturated rings. The lowest BCUT2D eigenvalue weighted by molar-refractivity contribution is 0.0985. The Labute approximate surface area is 180 Å². The molecule has 2 aromatic carbocycles. The van der Waals surface area contributed by atoms with E-state index in [1.54, 1.807) is 42.5 Å². The number of benzene rings is 2. The van der Waals surface area contributed by atoms with Gasteiger partial charge < -0.3 is 4.57 Å². The molecule has 3 aromatic rings. The predicted molar refractivity (Wildman–Crippen MR) is 118 cm³/mol. The van der Waals surface area contributed by atoms with Crippen LogP contribution in [0.1, 0.15) is 22.3 Å². The molecule has 31 heavy (non-hydrogen) atoms. The molecule has 0 aliphatic heterocycles. The molecule has 0 bridgehead atoms. The van der Waals surface area contributed by atoms with E-state index < -0.39 is 21.3 Å². The summed E-state index contributed by atoms with van der Waals surface area (Å²) in [5.41, 5.74) is -0.217. The molecule has 0 N–H and O–H groups in total. The molecule has 0 aliphatic rings. The monoisotopic (exact) mass is 441 g/mol. The van der Waals surface area contributed by atoms with Gasteiger partial charge in [0.15, 0.2) is 5.78 Å². The number of rotatable bonds is 7. The predicted octanol–water partition coefficient (Wildman–Crippen LogP) is 1.86. The zero-order chi connectivity index (χ0) is 22.8. The maximum absolute atomic E-state index is 13.4. The van der Waals surface area contributed by atoms with Gasteiger partial charge in [0.2, 0.25) is 0 Å². The summed E-state index contributed by atoms with van der Waals surface area (Å²) in [6, 6.07) is 14.7. The van der Waals surface area contributed by atoms with E-state index >= 15 is 0 Å². The van der Waals surface area contributed by atoms with Crippen molar-refractivity contribution in [3.63, 3.8) is 0 Å². The largest absolute Gasteiger partial charge is 0.330 e. The van der Waals surface area contributed by atoms with Crippen LogP contribution in [-0.4, -0.2) is 29.9 Å². The number of carbonyl (C=O) groups excluding carboxylic acids is 1. The maximum Gasteiger partial charge on any atom is 0.330 e. The van der Waals surface area contributed by atoms with Gasteiger partial charge in [-0.2, -0.15) is 0 Å². The standard InChI is InChI=1S/C22H23N3O5S/c1-16-9-11-18(12-10-16)31(29,30)25(14-13-20(26)17-7-5-4-6-8-17)19-15-23(2)22(28)24(3)21(19)27/h4-12,15H,13-14H2,1-3H3. The van der Waals surface area contributed by atoms with Gasteiger partial charge in [-0.15, -0.1) is 0 Å². The first-order valence-electron chi connectivity index (χ1n) is 9.57.